The van der Waals surface area contributed by atoms with Crippen molar-refractivity contribution in [2.24, 2.45) is 11.7 Å². The van der Waals surface area contributed by atoms with E-state index in [0.29, 0.717) is 19.8 Å². The number of carbonyl (C=O) groups is 1. The molecule has 1 aliphatic heterocycles. The Hall–Kier alpha value is -1.39. The predicted octanol–water partition coefficient (Wildman–Crippen LogP) is 1.14. The van der Waals surface area contributed by atoms with Gasteiger partial charge in [0.15, 0.2) is 0 Å². The minimum absolute atomic E-state index is 0.00849. The third-order valence-electron chi connectivity index (χ3n) is 3.18. The highest BCUT2D eigenvalue weighted by atomic mass is 16.5. The van der Waals surface area contributed by atoms with Crippen LogP contribution in [0.15, 0.2) is 24.3 Å². The number of anilines is 1. The third kappa shape index (κ3) is 2.48. The maximum atomic E-state index is 12.2. The smallest absolute Gasteiger partial charge is 0.232 e. The van der Waals surface area contributed by atoms with E-state index >= 15 is 0 Å². The second-order valence-corrected chi connectivity index (χ2v) is 4.29. The van der Waals surface area contributed by atoms with Crippen molar-refractivity contribution in [3.05, 3.63) is 29.8 Å². The van der Waals surface area contributed by atoms with E-state index in [4.69, 9.17) is 10.5 Å². The Kier molecular flexibility index (Phi) is 3.76. The molecule has 2 rings (SSSR count). The predicted molar refractivity (Wildman–Crippen MR) is 66.7 cm³/mol. The van der Waals surface area contributed by atoms with Gasteiger partial charge in [0.2, 0.25) is 5.91 Å². The maximum Gasteiger partial charge on any atom is 0.232 e. The van der Waals surface area contributed by atoms with E-state index in [0.717, 1.165) is 17.7 Å². The first-order valence-electron chi connectivity index (χ1n) is 5.87. The lowest BCUT2D eigenvalue weighted by Gasteiger charge is -2.22. The minimum Gasteiger partial charge on any atom is -0.381 e. The third-order valence-corrected chi connectivity index (χ3v) is 3.18. The Balaban J connectivity index is 2.17. The molecule has 1 atom stereocenters. The highest BCUT2D eigenvalue weighted by Crippen LogP contribution is 2.23. The highest BCUT2D eigenvalue weighted by molar-refractivity contribution is 5.95. The van der Waals surface area contributed by atoms with E-state index in [-0.39, 0.29) is 11.8 Å². The number of nitrogens with zero attached hydrogens (tertiary/aromatic N) is 1. The number of hydrogen-bond donors (Lipinski definition) is 1. The maximum absolute atomic E-state index is 12.2. The van der Waals surface area contributed by atoms with Gasteiger partial charge in [-0.3, -0.25) is 4.79 Å². The topological polar surface area (TPSA) is 55.6 Å². The zero-order valence-corrected chi connectivity index (χ0v) is 10.1. The van der Waals surface area contributed by atoms with Gasteiger partial charge in [-0.05, 0) is 18.1 Å². The van der Waals surface area contributed by atoms with Gasteiger partial charge in [0.1, 0.15) is 0 Å². The average molecular weight is 234 g/mol. The molecule has 0 aliphatic carbocycles. The van der Waals surface area contributed by atoms with Crippen LogP contribution in [0, 0.1) is 5.92 Å². The van der Waals surface area contributed by atoms with E-state index in [1.165, 1.54) is 0 Å². The van der Waals surface area contributed by atoms with Crippen LogP contribution in [0.3, 0.4) is 0 Å². The van der Waals surface area contributed by atoms with Crippen molar-refractivity contribution in [1.82, 2.24) is 0 Å². The lowest BCUT2D eigenvalue weighted by molar-refractivity contribution is -0.122. The van der Waals surface area contributed by atoms with Crippen molar-refractivity contribution in [2.75, 3.05) is 25.2 Å². The molecule has 0 radical (unpaired) electrons. The second kappa shape index (κ2) is 5.29. The summed E-state index contributed by atoms with van der Waals surface area (Å²) in [5.74, 6) is 0.106. The van der Waals surface area contributed by atoms with E-state index in [1.54, 1.807) is 11.9 Å². The molecule has 1 aromatic carbocycles. The summed E-state index contributed by atoms with van der Waals surface area (Å²) in [6.07, 6.45) is 0.813. The Labute approximate surface area is 101 Å². The van der Waals surface area contributed by atoms with Crippen LogP contribution in [0.25, 0.3) is 0 Å². The molecule has 4 heteroatoms. The monoisotopic (exact) mass is 234 g/mol. The van der Waals surface area contributed by atoms with Crippen LogP contribution in [0.4, 0.5) is 5.69 Å². The van der Waals surface area contributed by atoms with Crippen LogP contribution in [0.1, 0.15) is 12.0 Å². The number of amides is 1. The first kappa shape index (κ1) is 12.1. The van der Waals surface area contributed by atoms with E-state index in [9.17, 15) is 4.79 Å². The van der Waals surface area contributed by atoms with Crippen molar-refractivity contribution in [1.29, 1.82) is 0 Å². The number of ether oxygens (including phenoxy) is 1. The quantitative estimate of drug-likeness (QED) is 0.853. The Morgan fingerprint density at radius 1 is 1.53 bits per heavy atom. The highest BCUT2D eigenvalue weighted by Gasteiger charge is 2.27. The summed E-state index contributed by atoms with van der Waals surface area (Å²) in [4.78, 5) is 13.9. The molecular weight excluding hydrogens is 216 g/mol. The molecule has 1 aromatic rings. The molecule has 0 aromatic heterocycles. The SMILES string of the molecule is CN(C(=O)C1CCOC1)c1ccccc1CN. The summed E-state index contributed by atoms with van der Waals surface area (Å²) in [5.41, 5.74) is 7.56. The first-order valence-corrected chi connectivity index (χ1v) is 5.87. The van der Waals surface area contributed by atoms with Crippen molar-refractivity contribution >= 4 is 11.6 Å². The molecule has 2 N–H and O–H groups in total. The van der Waals surface area contributed by atoms with E-state index in [2.05, 4.69) is 0 Å². The normalized spacial score (nSPS) is 19.3. The molecule has 0 spiro atoms. The van der Waals surface area contributed by atoms with E-state index < -0.39 is 0 Å². The van der Waals surface area contributed by atoms with Crippen molar-refractivity contribution < 1.29 is 9.53 Å². The molecule has 92 valence electrons. The Bertz CT molecular complexity index is 400. The molecular formula is C13H18N2O2. The molecule has 0 saturated carbocycles. The Morgan fingerprint density at radius 2 is 2.29 bits per heavy atom. The molecule has 0 bridgehead atoms. The van der Waals surface area contributed by atoms with Gasteiger partial charge in [0, 0.05) is 25.9 Å². The zero-order valence-electron chi connectivity index (χ0n) is 10.1. The second-order valence-electron chi connectivity index (χ2n) is 4.29. The van der Waals surface area contributed by atoms with E-state index in [1.807, 2.05) is 24.3 Å². The van der Waals surface area contributed by atoms with Gasteiger partial charge in [0.25, 0.3) is 0 Å². The number of para-hydroxylation sites is 1. The molecule has 1 unspecified atom stereocenters. The molecule has 1 saturated heterocycles. The van der Waals surface area contributed by atoms with Crippen LogP contribution in [0.2, 0.25) is 0 Å². The number of benzene rings is 1. The number of rotatable bonds is 3. The summed E-state index contributed by atoms with van der Waals surface area (Å²) < 4.78 is 5.25. The van der Waals surface area contributed by atoms with Crippen molar-refractivity contribution in [3.8, 4) is 0 Å². The van der Waals surface area contributed by atoms with Crippen LogP contribution in [-0.2, 0) is 16.1 Å². The first-order chi connectivity index (χ1) is 8.24. The molecule has 1 heterocycles. The van der Waals surface area contributed by atoms with Crippen molar-refractivity contribution in [3.63, 3.8) is 0 Å². The summed E-state index contributed by atoms with van der Waals surface area (Å²) in [5, 5.41) is 0. The number of nitrogens with two attached hydrogens (primary N) is 1. The fourth-order valence-corrected chi connectivity index (χ4v) is 2.13. The minimum atomic E-state index is -0.00849. The molecule has 1 aliphatic rings. The summed E-state index contributed by atoms with van der Waals surface area (Å²) >= 11 is 0. The average Bonchev–Trinajstić information content (AvgIpc) is 2.90. The fraction of sp³-hybridized carbons (Fsp3) is 0.462. The summed E-state index contributed by atoms with van der Waals surface area (Å²) in [6, 6.07) is 7.73. The molecule has 17 heavy (non-hydrogen) atoms. The van der Waals surface area contributed by atoms with Crippen LogP contribution in [-0.4, -0.2) is 26.2 Å². The van der Waals surface area contributed by atoms with Gasteiger partial charge < -0.3 is 15.4 Å². The molecule has 4 nitrogen and oxygen atoms in total. The molecule has 1 fully saturated rings. The van der Waals surface area contributed by atoms with Gasteiger partial charge in [0.05, 0.1) is 12.5 Å². The van der Waals surface area contributed by atoms with Gasteiger partial charge in [-0.2, -0.15) is 0 Å². The lowest BCUT2D eigenvalue weighted by atomic mass is 10.1. The van der Waals surface area contributed by atoms with Gasteiger partial charge in [-0.1, -0.05) is 18.2 Å². The fourth-order valence-electron chi connectivity index (χ4n) is 2.13. The largest absolute Gasteiger partial charge is 0.381 e. The standard InChI is InChI=1S/C13H18N2O2/c1-15(13(16)11-6-7-17-9-11)12-5-3-2-4-10(12)8-14/h2-5,11H,6-9,14H2,1H3. The van der Waals surface area contributed by atoms with Gasteiger partial charge in [-0.15, -0.1) is 0 Å². The van der Waals surface area contributed by atoms with Gasteiger partial charge >= 0.3 is 0 Å². The van der Waals surface area contributed by atoms with Crippen LogP contribution < -0.4 is 10.6 Å². The lowest BCUT2D eigenvalue weighted by Crippen LogP contribution is -2.34. The van der Waals surface area contributed by atoms with Crippen molar-refractivity contribution in [2.45, 2.75) is 13.0 Å². The molecule has 1 amide bonds. The zero-order chi connectivity index (χ0) is 12.3. The Morgan fingerprint density at radius 3 is 2.94 bits per heavy atom. The van der Waals surface area contributed by atoms with Gasteiger partial charge in [-0.25, -0.2) is 0 Å². The summed E-state index contributed by atoms with van der Waals surface area (Å²) in [6.45, 7) is 1.66. The van der Waals surface area contributed by atoms with Crippen LogP contribution >= 0.6 is 0 Å². The van der Waals surface area contributed by atoms with Crippen LogP contribution in [0.5, 0.6) is 0 Å². The summed E-state index contributed by atoms with van der Waals surface area (Å²) in [7, 11) is 1.80. The number of carbonyl (C=O) groups excluding carboxylic acids is 1. The number of hydrogen-bond acceptors (Lipinski definition) is 3.